The minimum atomic E-state index is -0.248. The Bertz CT molecular complexity index is 936. The molecule has 0 unspecified atom stereocenters. The summed E-state index contributed by atoms with van der Waals surface area (Å²) in [5.41, 5.74) is 0.513. The van der Waals surface area contributed by atoms with Crippen LogP contribution in [0.25, 0.3) is 0 Å². The molecule has 7 heteroatoms. The summed E-state index contributed by atoms with van der Waals surface area (Å²) in [5, 5.41) is 2.88. The van der Waals surface area contributed by atoms with E-state index < -0.39 is 0 Å². The molecule has 2 aliphatic rings. The van der Waals surface area contributed by atoms with Gasteiger partial charge in [0, 0.05) is 17.6 Å². The largest absolute Gasteiger partial charge is 0.486 e. The number of nitrogens with one attached hydrogen (secondary N) is 1. The van der Waals surface area contributed by atoms with Crippen molar-refractivity contribution in [1.29, 1.82) is 0 Å². The Morgan fingerprint density at radius 1 is 1.03 bits per heavy atom. The molecule has 4 rings (SSSR count). The first-order valence-electron chi connectivity index (χ1n) is 11.2. The van der Waals surface area contributed by atoms with E-state index in [0.29, 0.717) is 36.0 Å². The third kappa shape index (κ3) is 5.15. The minimum absolute atomic E-state index is 0.000710. The highest BCUT2D eigenvalue weighted by atomic mass is 16.6. The van der Waals surface area contributed by atoms with Crippen LogP contribution in [-0.2, 0) is 4.79 Å². The second kappa shape index (κ2) is 9.94. The van der Waals surface area contributed by atoms with Gasteiger partial charge < -0.3 is 24.4 Å². The lowest BCUT2D eigenvalue weighted by Crippen LogP contribution is -2.49. The number of hydrogen-bond acceptors (Lipinski definition) is 5. The molecule has 2 amide bonds. The van der Waals surface area contributed by atoms with Crippen molar-refractivity contribution in [2.45, 2.75) is 51.3 Å². The van der Waals surface area contributed by atoms with E-state index in [1.165, 1.54) is 0 Å². The fourth-order valence-corrected chi connectivity index (χ4v) is 4.31. The second-order valence-electron chi connectivity index (χ2n) is 8.45. The summed E-state index contributed by atoms with van der Waals surface area (Å²) in [6, 6.07) is 14.8. The van der Waals surface area contributed by atoms with Gasteiger partial charge in [0.05, 0.1) is 6.54 Å². The van der Waals surface area contributed by atoms with Crippen molar-refractivity contribution in [3.63, 3.8) is 0 Å². The van der Waals surface area contributed by atoms with Crippen molar-refractivity contribution in [2.75, 3.05) is 19.8 Å². The third-order valence-corrected chi connectivity index (χ3v) is 6.02. The molecular weight excluding hydrogens is 408 g/mol. The van der Waals surface area contributed by atoms with Crippen LogP contribution < -0.4 is 19.5 Å². The number of nitrogens with zero attached hydrogens (tertiary/aromatic N) is 1. The lowest BCUT2D eigenvalue weighted by Gasteiger charge is -2.38. The molecular formula is C25H30N2O5. The topological polar surface area (TPSA) is 77.1 Å². The minimum Gasteiger partial charge on any atom is -0.486 e. The van der Waals surface area contributed by atoms with E-state index in [4.69, 9.17) is 14.2 Å². The number of rotatable bonds is 6. The molecule has 7 nitrogen and oxygen atoms in total. The first-order chi connectivity index (χ1) is 15.5. The fraction of sp³-hybridized carbons (Fsp3) is 0.440. The average Bonchev–Trinajstić information content (AvgIpc) is 2.81. The molecule has 1 fully saturated rings. The Kier molecular flexibility index (Phi) is 6.83. The van der Waals surface area contributed by atoms with Crippen molar-refractivity contribution in [3.05, 3.63) is 54.1 Å². The maximum Gasteiger partial charge on any atom is 0.260 e. The summed E-state index contributed by atoms with van der Waals surface area (Å²) in [5.74, 6) is 1.76. The van der Waals surface area contributed by atoms with E-state index in [-0.39, 0.29) is 36.6 Å². The number of ether oxygens (including phenoxy) is 3. The molecule has 2 heterocycles. The van der Waals surface area contributed by atoms with Gasteiger partial charge in [0.2, 0.25) is 0 Å². The summed E-state index contributed by atoms with van der Waals surface area (Å²) in [7, 11) is 0. The van der Waals surface area contributed by atoms with Crippen molar-refractivity contribution in [2.24, 2.45) is 0 Å². The molecule has 1 saturated heterocycles. The number of hydrogen-bond donors (Lipinski definition) is 1. The molecule has 1 N–H and O–H groups in total. The zero-order valence-corrected chi connectivity index (χ0v) is 18.6. The zero-order valence-electron chi connectivity index (χ0n) is 18.6. The number of carbonyl (C=O) groups excluding carboxylic acids is 2. The highest BCUT2D eigenvalue weighted by molar-refractivity contribution is 5.94. The van der Waals surface area contributed by atoms with Gasteiger partial charge in [-0.1, -0.05) is 12.1 Å². The summed E-state index contributed by atoms with van der Waals surface area (Å²) in [6.07, 6.45) is 2.97. The van der Waals surface area contributed by atoms with Crippen LogP contribution in [0.4, 0.5) is 0 Å². The standard InChI is InChI=1S/C25H30N2O5/c1-17-6-5-7-18(2)27(17)24(28)16-30-20-12-10-19(11-13-20)25(29)26-14-21-15-31-22-8-3-4-9-23(22)32-21/h3-4,8-13,17-18,21H,5-7,14-16H2,1-2H3,(H,26,29)/t17-,18-,21+/m1/s1. The number of piperidine rings is 1. The highest BCUT2D eigenvalue weighted by Crippen LogP contribution is 2.30. The molecule has 170 valence electrons. The van der Waals surface area contributed by atoms with Gasteiger partial charge in [0.25, 0.3) is 11.8 Å². The predicted octanol–water partition coefficient (Wildman–Crippen LogP) is 3.42. The summed E-state index contributed by atoms with van der Waals surface area (Å²) >= 11 is 0. The number of para-hydroxylation sites is 2. The van der Waals surface area contributed by atoms with Gasteiger partial charge in [0.1, 0.15) is 18.5 Å². The molecule has 0 bridgehead atoms. The summed E-state index contributed by atoms with van der Waals surface area (Å²) in [4.78, 5) is 27.0. The zero-order chi connectivity index (χ0) is 22.5. The van der Waals surface area contributed by atoms with E-state index in [9.17, 15) is 9.59 Å². The Morgan fingerprint density at radius 2 is 1.72 bits per heavy atom. The van der Waals surface area contributed by atoms with E-state index >= 15 is 0 Å². The second-order valence-corrected chi connectivity index (χ2v) is 8.45. The van der Waals surface area contributed by atoms with Crippen LogP contribution in [-0.4, -0.2) is 54.7 Å². The SMILES string of the molecule is C[C@@H]1CCC[C@@H](C)N1C(=O)COc1ccc(C(=O)NC[C@H]2COc3ccccc3O2)cc1. The fourth-order valence-electron chi connectivity index (χ4n) is 4.31. The third-order valence-electron chi connectivity index (χ3n) is 6.02. The Labute approximate surface area is 188 Å². The van der Waals surface area contributed by atoms with E-state index in [0.717, 1.165) is 19.3 Å². The Balaban J connectivity index is 1.24. The van der Waals surface area contributed by atoms with Crippen LogP contribution in [0, 0.1) is 0 Å². The van der Waals surface area contributed by atoms with Crippen molar-refractivity contribution in [1.82, 2.24) is 10.2 Å². The van der Waals surface area contributed by atoms with E-state index in [2.05, 4.69) is 19.2 Å². The number of fused-ring (bicyclic) bond motifs is 1. The number of benzene rings is 2. The lowest BCUT2D eigenvalue weighted by molar-refractivity contribution is -0.139. The van der Waals surface area contributed by atoms with Gasteiger partial charge in [-0.2, -0.15) is 0 Å². The molecule has 32 heavy (non-hydrogen) atoms. The van der Waals surface area contributed by atoms with Gasteiger partial charge in [-0.25, -0.2) is 0 Å². The van der Waals surface area contributed by atoms with Crippen molar-refractivity contribution in [3.8, 4) is 17.2 Å². The molecule has 0 spiro atoms. The van der Waals surface area contributed by atoms with Crippen LogP contribution >= 0.6 is 0 Å². The first-order valence-corrected chi connectivity index (χ1v) is 11.2. The quantitative estimate of drug-likeness (QED) is 0.748. The maximum absolute atomic E-state index is 12.6. The number of amides is 2. The lowest BCUT2D eigenvalue weighted by atomic mass is 9.97. The predicted molar refractivity (Wildman–Crippen MR) is 120 cm³/mol. The van der Waals surface area contributed by atoms with Gasteiger partial charge in [-0.05, 0) is 69.5 Å². The molecule has 0 aromatic heterocycles. The van der Waals surface area contributed by atoms with Crippen LogP contribution in [0.15, 0.2) is 48.5 Å². The highest BCUT2D eigenvalue weighted by Gasteiger charge is 2.29. The van der Waals surface area contributed by atoms with Crippen LogP contribution in [0.5, 0.6) is 17.2 Å². The summed E-state index contributed by atoms with van der Waals surface area (Å²) < 4.78 is 17.2. The number of likely N-dealkylation sites (tertiary alicyclic amines) is 1. The van der Waals surface area contributed by atoms with Gasteiger partial charge in [-0.3, -0.25) is 9.59 Å². The molecule has 0 radical (unpaired) electrons. The Hall–Kier alpha value is -3.22. The van der Waals surface area contributed by atoms with Crippen LogP contribution in [0.2, 0.25) is 0 Å². The maximum atomic E-state index is 12.6. The Morgan fingerprint density at radius 3 is 2.44 bits per heavy atom. The molecule has 0 saturated carbocycles. The van der Waals surface area contributed by atoms with Crippen molar-refractivity contribution < 1.29 is 23.8 Å². The van der Waals surface area contributed by atoms with Gasteiger partial charge in [-0.15, -0.1) is 0 Å². The monoisotopic (exact) mass is 438 g/mol. The molecule has 2 aromatic carbocycles. The van der Waals surface area contributed by atoms with Gasteiger partial charge in [0.15, 0.2) is 18.1 Å². The van der Waals surface area contributed by atoms with E-state index in [1.807, 2.05) is 29.2 Å². The molecule has 3 atom stereocenters. The van der Waals surface area contributed by atoms with E-state index in [1.54, 1.807) is 24.3 Å². The van der Waals surface area contributed by atoms with Crippen LogP contribution in [0.3, 0.4) is 0 Å². The molecule has 0 aliphatic carbocycles. The number of carbonyl (C=O) groups is 2. The molecule has 2 aliphatic heterocycles. The van der Waals surface area contributed by atoms with Gasteiger partial charge >= 0.3 is 0 Å². The van der Waals surface area contributed by atoms with Crippen LogP contribution in [0.1, 0.15) is 43.5 Å². The molecule has 2 aromatic rings. The average molecular weight is 439 g/mol. The first kappa shape index (κ1) is 22.0. The summed E-state index contributed by atoms with van der Waals surface area (Å²) in [6.45, 7) is 4.90. The normalized spacial score (nSPS) is 22.2. The smallest absolute Gasteiger partial charge is 0.260 e. The van der Waals surface area contributed by atoms with Crippen molar-refractivity contribution >= 4 is 11.8 Å².